The molecule has 0 saturated carbocycles. The van der Waals surface area contributed by atoms with Crippen molar-refractivity contribution in [1.29, 1.82) is 0 Å². The second-order valence-electron chi connectivity index (χ2n) is 8.90. The summed E-state index contributed by atoms with van der Waals surface area (Å²) in [6.07, 6.45) is 5.02. The van der Waals surface area contributed by atoms with E-state index in [0.29, 0.717) is 35.1 Å². The Labute approximate surface area is 230 Å². The van der Waals surface area contributed by atoms with Crippen molar-refractivity contribution in [2.45, 2.75) is 17.8 Å². The third kappa shape index (κ3) is 5.37. The number of nitrogens with one attached hydrogen (secondary N) is 1. The van der Waals surface area contributed by atoms with Gasteiger partial charge < -0.3 is 19.1 Å². The van der Waals surface area contributed by atoms with Gasteiger partial charge in [0.05, 0.1) is 32.7 Å². The van der Waals surface area contributed by atoms with Crippen LogP contribution >= 0.6 is 0 Å². The van der Waals surface area contributed by atoms with Crippen molar-refractivity contribution in [2.75, 3.05) is 44.0 Å². The molecule has 0 unspecified atom stereocenters. The Balaban J connectivity index is 1.56. The molecule has 1 aliphatic heterocycles. The number of ether oxygens (including phenoxy) is 3. The molecule has 1 N–H and O–H groups in total. The van der Waals surface area contributed by atoms with E-state index in [4.69, 9.17) is 14.2 Å². The van der Waals surface area contributed by atoms with Crippen molar-refractivity contribution < 1.29 is 27.0 Å². The van der Waals surface area contributed by atoms with Crippen LogP contribution in [-0.2, 0) is 14.8 Å². The number of pyridine rings is 1. The van der Waals surface area contributed by atoms with Crippen LogP contribution in [0.1, 0.15) is 6.42 Å². The molecule has 210 valence electrons. The first kappa shape index (κ1) is 27.2. The Hall–Kier alpha value is -4.37. The smallest absolute Gasteiger partial charge is 0.243 e. The number of halogens is 1. The van der Waals surface area contributed by atoms with Gasteiger partial charge in [0.25, 0.3) is 0 Å². The summed E-state index contributed by atoms with van der Waals surface area (Å²) in [7, 11) is 0.403. The standard InChI is InChI=1S/C25H27FN8O5S/c1-37-18-10-19(15-33(14-18)24-28-12-17(26)13-29-24)40(35,36)32-25-31-30-23(16-6-5-9-27-11-16)34(25)22-20(38-2)7-4-8-21(22)39-3/h4-9,11-13,18-19H,10,14-15H2,1-3H3,(H,31,32)/t18-,19-/m1/s1. The molecule has 1 saturated heterocycles. The van der Waals surface area contributed by atoms with E-state index in [1.165, 1.54) is 25.9 Å². The molecule has 15 heteroatoms. The maximum absolute atomic E-state index is 13.8. The minimum Gasteiger partial charge on any atom is -0.494 e. The summed E-state index contributed by atoms with van der Waals surface area (Å²) in [4.78, 5) is 13.8. The van der Waals surface area contributed by atoms with Crippen LogP contribution in [0.15, 0.2) is 55.1 Å². The van der Waals surface area contributed by atoms with Gasteiger partial charge in [-0.05, 0) is 30.7 Å². The average molecular weight is 571 g/mol. The van der Waals surface area contributed by atoms with E-state index in [9.17, 15) is 12.8 Å². The van der Waals surface area contributed by atoms with Crippen molar-refractivity contribution in [3.05, 3.63) is 60.9 Å². The van der Waals surface area contributed by atoms with E-state index in [0.717, 1.165) is 12.4 Å². The Kier molecular flexibility index (Phi) is 7.75. The Bertz CT molecular complexity index is 1550. The molecule has 4 heterocycles. The second-order valence-corrected chi connectivity index (χ2v) is 10.9. The minimum atomic E-state index is -4.09. The Morgan fingerprint density at radius 3 is 2.33 bits per heavy atom. The molecule has 1 fully saturated rings. The van der Waals surface area contributed by atoms with Crippen molar-refractivity contribution in [1.82, 2.24) is 29.7 Å². The van der Waals surface area contributed by atoms with E-state index in [-0.39, 0.29) is 24.9 Å². The number of hydrogen-bond acceptors (Lipinski definition) is 11. The van der Waals surface area contributed by atoms with Crippen molar-refractivity contribution in [3.8, 4) is 28.6 Å². The van der Waals surface area contributed by atoms with Crippen LogP contribution < -0.4 is 19.1 Å². The summed E-state index contributed by atoms with van der Waals surface area (Å²) in [5, 5.41) is 7.54. The summed E-state index contributed by atoms with van der Waals surface area (Å²) in [6, 6.07) is 8.69. The predicted octanol–water partition coefficient (Wildman–Crippen LogP) is 2.31. The van der Waals surface area contributed by atoms with E-state index in [1.807, 2.05) is 0 Å². The van der Waals surface area contributed by atoms with Crippen LogP contribution in [0.3, 0.4) is 0 Å². The summed E-state index contributed by atoms with van der Waals surface area (Å²) < 4.78 is 61.9. The number of hydrogen-bond donors (Lipinski definition) is 1. The normalized spacial score (nSPS) is 17.4. The van der Waals surface area contributed by atoms with Crippen molar-refractivity contribution in [3.63, 3.8) is 0 Å². The van der Waals surface area contributed by atoms with Crippen LogP contribution in [-0.4, -0.2) is 83.9 Å². The quantitative estimate of drug-likeness (QED) is 0.316. The highest BCUT2D eigenvalue weighted by Crippen LogP contribution is 2.38. The number of aromatic nitrogens is 6. The van der Waals surface area contributed by atoms with E-state index < -0.39 is 27.2 Å². The number of methoxy groups -OCH3 is 3. The molecule has 0 amide bonds. The topological polar surface area (TPSA) is 146 Å². The number of nitrogens with zero attached hydrogens (tertiary/aromatic N) is 7. The Morgan fingerprint density at radius 2 is 1.70 bits per heavy atom. The SMILES string of the molecule is COc1cccc(OC)c1-n1c(NS(=O)(=O)[C@@H]2C[C@@H](OC)CN(c3ncc(F)cn3)C2)nnc1-c1cccnc1. The molecule has 0 aliphatic carbocycles. The maximum Gasteiger partial charge on any atom is 0.243 e. The molecule has 13 nitrogen and oxygen atoms in total. The highest BCUT2D eigenvalue weighted by molar-refractivity contribution is 7.93. The lowest BCUT2D eigenvalue weighted by Crippen LogP contribution is -2.51. The van der Waals surface area contributed by atoms with Crippen LogP contribution in [0, 0.1) is 5.82 Å². The third-order valence-electron chi connectivity index (χ3n) is 6.48. The molecular weight excluding hydrogens is 543 g/mol. The van der Waals surface area contributed by atoms with E-state index >= 15 is 0 Å². The number of benzene rings is 1. The lowest BCUT2D eigenvalue weighted by molar-refractivity contribution is 0.0898. The fourth-order valence-corrected chi connectivity index (χ4v) is 5.94. The number of sulfonamides is 1. The molecule has 0 radical (unpaired) electrons. The predicted molar refractivity (Wildman–Crippen MR) is 144 cm³/mol. The molecule has 3 aromatic heterocycles. The van der Waals surface area contributed by atoms with Gasteiger partial charge in [0.1, 0.15) is 22.4 Å². The van der Waals surface area contributed by atoms with Gasteiger partial charge >= 0.3 is 0 Å². The van der Waals surface area contributed by atoms with Crippen LogP contribution in [0.4, 0.5) is 16.3 Å². The van der Waals surface area contributed by atoms with Gasteiger partial charge in [0.2, 0.25) is 21.9 Å². The van der Waals surface area contributed by atoms with Gasteiger partial charge in [-0.15, -0.1) is 10.2 Å². The zero-order valence-electron chi connectivity index (χ0n) is 21.9. The fourth-order valence-electron chi connectivity index (χ4n) is 4.54. The maximum atomic E-state index is 13.8. The molecular formula is C25H27FN8O5S. The van der Waals surface area contributed by atoms with Gasteiger partial charge in [-0.1, -0.05) is 6.07 Å². The molecule has 40 heavy (non-hydrogen) atoms. The Morgan fingerprint density at radius 1 is 0.975 bits per heavy atom. The molecule has 5 rings (SSSR count). The lowest BCUT2D eigenvalue weighted by Gasteiger charge is -2.36. The fraction of sp³-hybridized carbons (Fsp3) is 0.320. The highest BCUT2D eigenvalue weighted by Gasteiger charge is 2.38. The van der Waals surface area contributed by atoms with Gasteiger partial charge in [-0.3, -0.25) is 14.3 Å². The summed E-state index contributed by atoms with van der Waals surface area (Å²) in [5.41, 5.74) is 0.985. The summed E-state index contributed by atoms with van der Waals surface area (Å²) in [5.74, 6) is 0.650. The largest absolute Gasteiger partial charge is 0.494 e. The molecule has 2 atom stereocenters. The minimum absolute atomic E-state index is 0.0441. The number of piperidine rings is 1. The first-order chi connectivity index (χ1) is 19.3. The zero-order valence-corrected chi connectivity index (χ0v) is 22.7. The van der Waals surface area contributed by atoms with Gasteiger partial charge in [0.15, 0.2) is 11.6 Å². The first-order valence-electron chi connectivity index (χ1n) is 12.2. The number of anilines is 2. The molecule has 0 spiro atoms. The summed E-state index contributed by atoms with van der Waals surface area (Å²) >= 11 is 0. The summed E-state index contributed by atoms with van der Waals surface area (Å²) in [6.45, 7) is 0.385. The van der Waals surface area contributed by atoms with Gasteiger partial charge in [-0.2, -0.15) is 0 Å². The van der Waals surface area contributed by atoms with Crippen molar-refractivity contribution in [2.24, 2.45) is 0 Å². The average Bonchev–Trinajstić information content (AvgIpc) is 3.39. The first-order valence-corrected chi connectivity index (χ1v) is 13.7. The van der Waals surface area contributed by atoms with Crippen LogP contribution in [0.2, 0.25) is 0 Å². The van der Waals surface area contributed by atoms with E-state index in [2.05, 4.69) is 29.9 Å². The second kappa shape index (κ2) is 11.4. The highest BCUT2D eigenvalue weighted by atomic mass is 32.2. The van der Waals surface area contributed by atoms with Crippen LogP contribution in [0.5, 0.6) is 11.5 Å². The van der Waals surface area contributed by atoms with Crippen LogP contribution in [0.25, 0.3) is 17.1 Å². The van der Waals surface area contributed by atoms with Gasteiger partial charge in [-0.25, -0.2) is 22.8 Å². The monoisotopic (exact) mass is 570 g/mol. The van der Waals surface area contributed by atoms with Crippen molar-refractivity contribution >= 4 is 21.9 Å². The molecule has 1 aromatic carbocycles. The number of para-hydroxylation sites is 1. The lowest BCUT2D eigenvalue weighted by atomic mass is 10.1. The van der Waals surface area contributed by atoms with E-state index in [1.54, 1.807) is 47.6 Å². The van der Waals surface area contributed by atoms with Gasteiger partial charge in [0, 0.05) is 38.2 Å². The molecule has 0 bridgehead atoms. The third-order valence-corrected chi connectivity index (χ3v) is 8.16. The molecule has 1 aliphatic rings. The zero-order chi connectivity index (χ0) is 28.3. The molecule has 4 aromatic rings. The number of rotatable bonds is 9.